The van der Waals surface area contributed by atoms with Gasteiger partial charge in [-0.05, 0) is 51.7 Å². The lowest BCUT2D eigenvalue weighted by Crippen LogP contribution is -2.44. The van der Waals surface area contributed by atoms with Gasteiger partial charge >= 0.3 is 0 Å². The van der Waals surface area contributed by atoms with E-state index in [9.17, 15) is 5.11 Å². The largest absolute Gasteiger partial charge is 0.389 e. The summed E-state index contributed by atoms with van der Waals surface area (Å²) in [5.41, 5.74) is 0. The number of piperidine rings is 1. The predicted octanol–water partition coefficient (Wildman–Crippen LogP) is 1.11. The van der Waals surface area contributed by atoms with Crippen LogP contribution >= 0.6 is 0 Å². The Bertz CT molecular complexity index is 254. The highest BCUT2D eigenvalue weighted by Crippen LogP contribution is 2.16. The zero-order valence-corrected chi connectivity index (χ0v) is 14.0. The molecule has 3 unspecified atom stereocenters. The molecule has 0 saturated carbocycles. The highest BCUT2D eigenvalue weighted by atomic mass is 16.5. The minimum Gasteiger partial charge on any atom is -0.389 e. The molecule has 1 rings (SSSR count). The molecule has 0 aliphatic carbocycles. The highest BCUT2D eigenvalue weighted by Gasteiger charge is 2.21. The minimum atomic E-state index is -0.411. The van der Waals surface area contributed by atoms with Gasteiger partial charge in [-0.1, -0.05) is 6.92 Å². The molecule has 1 aliphatic heterocycles. The number of nitrogens with one attached hydrogen (secondary N) is 1. The van der Waals surface area contributed by atoms with E-state index in [2.05, 4.69) is 17.1 Å². The van der Waals surface area contributed by atoms with Crippen LogP contribution in [-0.4, -0.2) is 75.3 Å². The number of nitrogens with zero attached hydrogens (tertiary/aromatic N) is 1. The third-order valence-corrected chi connectivity index (χ3v) is 3.91. The van der Waals surface area contributed by atoms with Crippen molar-refractivity contribution in [2.24, 2.45) is 5.92 Å². The fraction of sp³-hybridized carbons (Fsp3) is 1.00. The quantitative estimate of drug-likeness (QED) is 0.560. The second-order valence-electron chi connectivity index (χ2n) is 6.23. The number of methoxy groups -OCH3 is 1. The highest BCUT2D eigenvalue weighted by molar-refractivity contribution is 4.76. The Balaban J connectivity index is 2.17. The number of likely N-dealkylation sites (tertiary alicyclic amines) is 1. The van der Waals surface area contributed by atoms with Crippen LogP contribution in [0.5, 0.6) is 0 Å². The molecule has 1 saturated heterocycles. The second kappa shape index (κ2) is 11.4. The van der Waals surface area contributed by atoms with Crippen LogP contribution in [0, 0.1) is 5.92 Å². The summed E-state index contributed by atoms with van der Waals surface area (Å²) in [6, 6.07) is 0. The first-order valence-corrected chi connectivity index (χ1v) is 8.37. The minimum absolute atomic E-state index is 0.0389. The number of aliphatic hydroxyl groups excluding tert-OH is 1. The van der Waals surface area contributed by atoms with E-state index >= 15 is 0 Å². The molecule has 1 heterocycles. The van der Waals surface area contributed by atoms with E-state index in [1.807, 2.05) is 6.92 Å². The van der Waals surface area contributed by atoms with Crippen molar-refractivity contribution in [1.29, 1.82) is 0 Å². The molecular weight excluding hydrogens is 268 g/mol. The third-order valence-electron chi connectivity index (χ3n) is 3.91. The molecule has 1 aliphatic rings. The average Bonchev–Trinajstić information content (AvgIpc) is 2.46. The number of β-amino-alcohol motifs (C(OH)–C–C–N with tert-alkyl or cyclic N) is 1. The van der Waals surface area contributed by atoms with Crippen LogP contribution in [0.25, 0.3) is 0 Å². The Morgan fingerprint density at radius 2 is 2.19 bits per heavy atom. The number of ether oxygens (including phenoxy) is 2. The summed E-state index contributed by atoms with van der Waals surface area (Å²) in [5, 5.41) is 13.6. The SMILES string of the molecule is CCCNCC1CCCN(CC(O)COC(C)COC)C1. The summed E-state index contributed by atoms with van der Waals surface area (Å²) in [4.78, 5) is 2.37. The van der Waals surface area contributed by atoms with Crippen molar-refractivity contribution in [3.8, 4) is 0 Å². The number of hydrogen-bond acceptors (Lipinski definition) is 5. The van der Waals surface area contributed by atoms with Gasteiger partial charge in [0, 0.05) is 20.2 Å². The lowest BCUT2D eigenvalue weighted by atomic mass is 9.97. The van der Waals surface area contributed by atoms with Crippen molar-refractivity contribution in [2.75, 3.05) is 53.0 Å². The Kier molecular flexibility index (Phi) is 10.2. The maximum absolute atomic E-state index is 10.1. The van der Waals surface area contributed by atoms with Crippen LogP contribution in [-0.2, 0) is 9.47 Å². The normalized spacial score (nSPS) is 23.1. The van der Waals surface area contributed by atoms with Gasteiger partial charge < -0.3 is 24.8 Å². The third kappa shape index (κ3) is 8.73. The fourth-order valence-electron chi connectivity index (χ4n) is 2.88. The van der Waals surface area contributed by atoms with Crippen molar-refractivity contribution in [3.05, 3.63) is 0 Å². The van der Waals surface area contributed by atoms with Gasteiger partial charge in [0.2, 0.25) is 0 Å². The topological polar surface area (TPSA) is 54.0 Å². The molecule has 0 amide bonds. The van der Waals surface area contributed by atoms with Crippen LogP contribution in [0.15, 0.2) is 0 Å². The zero-order valence-electron chi connectivity index (χ0n) is 14.0. The van der Waals surface area contributed by atoms with Crippen molar-refractivity contribution >= 4 is 0 Å². The monoisotopic (exact) mass is 302 g/mol. The molecule has 0 spiro atoms. The van der Waals surface area contributed by atoms with E-state index in [1.54, 1.807) is 7.11 Å². The first-order chi connectivity index (χ1) is 10.2. The summed E-state index contributed by atoms with van der Waals surface area (Å²) >= 11 is 0. The molecule has 0 radical (unpaired) electrons. The van der Waals surface area contributed by atoms with E-state index in [4.69, 9.17) is 9.47 Å². The first kappa shape index (κ1) is 18.8. The zero-order chi connectivity index (χ0) is 15.5. The van der Waals surface area contributed by atoms with Gasteiger partial charge in [-0.25, -0.2) is 0 Å². The molecular formula is C16H34N2O3. The summed E-state index contributed by atoms with van der Waals surface area (Å²) in [6.07, 6.45) is 3.34. The molecule has 0 bridgehead atoms. The molecule has 1 fully saturated rings. The van der Waals surface area contributed by atoms with Crippen LogP contribution in [0.2, 0.25) is 0 Å². The van der Waals surface area contributed by atoms with Gasteiger partial charge in [0.1, 0.15) is 0 Å². The van der Waals surface area contributed by atoms with E-state index in [-0.39, 0.29) is 6.10 Å². The first-order valence-electron chi connectivity index (χ1n) is 8.37. The standard InChI is InChI=1S/C16H34N2O3/c1-4-7-17-9-15-6-5-8-18(10-15)11-16(19)13-21-14(2)12-20-3/h14-17,19H,4-13H2,1-3H3. The molecule has 0 aromatic heterocycles. The van der Waals surface area contributed by atoms with E-state index in [1.165, 1.54) is 19.3 Å². The Hall–Kier alpha value is -0.200. The van der Waals surface area contributed by atoms with Crippen molar-refractivity contribution in [3.63, 3.8) is 0 Å². The summed E-state index contributed by atoms with van der Waals surface area (Å²) in [5.74, 6) is 0.714. The van der Waals surface area contributed by atoms with Crippen LogP contribution in [0.3, 0.4) is 0 Å². The molecule has 0 aromatic carbocycles. The van der Waals surface area contributed by atoms with Crippen LogP contribution < -0.4 is 5.32 Å². The smallest absolute Gasteiger partial charge is 0.0900 e. The van der Waals surface area contributed by atoms with Gasteiger partial charge in [0.15, 0.2) is 0 Å². The number of aliphatic hydroxyl groups is 1. The summed E-state index contributed by atoms with van der Waals surface area (Å²) in [7, 11) is 1.66. The molecule has 2 N–H and O–H groups in total. The van der Waals surface area contributed by atoms with E-state index < -0.39 is 6.10 Å². The molecule has 5 heteroatoms. The van der Waals surface area contributed by atoms with Crippen molar-refractivity contribution in [2.45, 2.75) is 45.3 Å². The lowest BCUT2D eigenvalue weighted by Gasteiger charge is -2.34. The van der Waals surface area contributed by atoms with Gasteiger partial charge in [-0.15, -0.1) is 0 Å². The van der Waals surface area contributed by atoms with E-state index in [0.717, 1.165) is 26.2 Å². The fourth-order valence-corrected chi connectivity index (χ4v) is 2.88. The lowest BCUT2D eigenvalue weighted by molar-refractivity contribution is -0.0422. The van der Waals surface area contributed by atoms with Gasteiger partial charge in [-0.3, -0.25) is 0 Å². The molecule has 21 heavy (non-hydrogen) atoms. The van der Waals surface area contributed by atoms with Gasteiger partial charge in [0.25, 0.3) is 0 Å². The summed E-state index contributed by atoms with van der Waals surface area (Å²) in [6.45, 7) is 10.2. The average molecular weight is 302 g/mol. The Morgan fingerprint density at radius 1 is 1.38 bits per heavy atom. The van der Waals surface area contributed by atoms with Crippen LogP contribution in [0.4, 0.5) is 0 Å². The Labute approximate surface area is 130 Å². The van der Waals surface area contributed by atoms with Gasteiger partial charge in [-0.2, -0.15) is 0 Å². The maximum atomic E-state index is 10.1. The predicted molar refractivity (Wildman–Crippen MR) is 85.6 cm³/mol. The second-order valence-corrected chi connectivity index (χ2v) is 6.23. The molecule has 3 atom stereocenters. The molecule has 5 nitrogen and oxygen atoms in total. The van der Waals surface area contributed by atoms with E-state index in [0.29, 0.717) is 25.7 Å². The Morgan fingerprint density at radius 3 is 2.90 bits per heavy atom. The molecule has 126 valence electrons. The molecule has 0 aromatic rings. The van der Waals surface area contributed by atoms with Gasteiger partial charge in [0.05, 0.1) is 25.4 Å². The van der Waals surface area contributed by atoms with Crippen molar-refractivity contribution in [1.82, 2.24) is 10.2 Å². The summed E-state index contributed by atoms with van der Waals surface area (Å²) < 4.78 is 10.6. The van der Waals surface area contributed by atoms with Crippen molar-refractivity contribution < 1.29 is 14.6 Å². The number of hydrogen-bond donors (Lipinski definition) is 2. The van der Waals surface area contributed by atoms with Crippen LogP contribution in [0.1, 0.15) is 33.1 Å². The number of rotatable bonds is 11. The maximum Gasteiger partial charge on any atom is 0.0900 e.